The van der Waals surface area contributed by atoms with Crippen LogP contribution in [0, 0.1) is 5.92 Å². The van der Waals surface area contributed by atoms with E-state index in [1.54, 1.807) is 20.1 Å². The normalized spacial score (nSPS) is 15.3. The van der Waals surface area contributed by atoms with Crippen LogP contribution in [0.1, 0.15) is 39.5 Å². The summed E-state index contributed by atoms with van der Waals surface area (Å²) in [5.41, 5.74) is 10.6. The maximum absolute atomic E-state index is 12.9. The minimum Gasteiger partial charge on any atom is -0.481 e. The molecule has 0 aromatic rings. The van der Waals surface area contributed by atoms with Crippen molar-refractivity contribution in [3.8, 4) is 0 Å². The highest BCUT2D eigenvalue weighted by Crippen LogP contribution is 2.10. The number of hydrogen-bond acceptors (Lipinski definition) is 8. The fourth-order valence-corrected chi connectivity index (χ4v) is 3.15. The van der Waals surface area contributed by atoms with Crippen molar-refractivity contribution in [3.63, 3.8) is 0 Å². The number of amides is 4. The van der Waals surface area contributed by atoms with Crippen molar-refractivity contribution >= 4 is 47.3 Å². The second-order valence-corrected chi connectivity index (χ2v) is 8.47. The van der Waals surface area contributed by atoms with Crippen LogP contribution in [0.2, 0.25) is 0 Å². The zero-order valence-corrected chi connectivity index (χ0v) is 19.6. The smallest absolute Gasteiger partial charge is 0.326 e. The molecule has 0 saturated heterocycles. The zero-order valence-electron chi connectivity index (χ0n) is 18.8. The summed E-state index contributed by atoms with van der Waals surface area (Å²) >= 11 is 1.37. The van der Waals surface area contributed by atoms with Gasteiger partial charge in [-0.3, -0.25) is 24.0 Å². The van der Waals surface area contributed by atoms with Gasteiger partial charge in [-0.15, -0.1) is 0 Å². The van der Waals surface area contributed by atoms with Crippen LogP contribution in [0.25, 0.3) is 0 Å². The minimum absolute atomic E-state index is 0.0965. The lowest BCUT2D eigenvalue weighted by Crippen LogP contribution is -2.59. The zero-order chi connectivity index (χ0) is 25.7. The van der Waals surface area contributed by atoms with Crippen LogP contribution in [-0.2, 0) is 28.8 Å². The molecule has 0 aromatic heterocycles. The summed E-state index contributed by atoms with van der Waals surface area (Å²) in [6.45, 7) is 3.38. The number of nitrogens with one attached hydrogen (secondary N) is 3. The predicted molar refractivity (Wildman–Crippen MR) is 120 cm³/mol. The number of nitrogens with two attached hydrogens (primary N) is 2. The molecule has 0 aromatic carbocycles. The van der Waals surface area contributed by atoms with E-state index in [1.165, 1.54) is 11.8 Å². The fraction of sp³-hybridized carbons (Fsp3) is 0.684. The maximum atomic E-state index is 12.9. The molecule has 0 aliphatic carbocycles. The van der Waals surface area contributed by atoms with Gasteiger partial charge in [-0.05, 0) is 24.3 Å². The Bertz CT molecular complexity index is 735. The second-order valence-electron chi connectivity index (χ2n) is 7.49. The van der Waals surface area contributed by atoms with Gasteiger partial charge in [-0.1, -0.05) is 20.3 Å². The van der Waals surface area contributed by atoms with Gasteiger partial charge in [-0.25, -0.2) is 4.79 Å². The van der Waals surface area contributed by atoms with Crippen molar-refractivity contribution in [1.82, 2.24) is 16.0 Å². The van der Waals surface area contributed by atoms with E-state index in [0.717, 1.165) is 0 Å². The Labute approximate surface area is 195 Å². The number of aliphatic carboxylic acids is 2. The number of carboxylic acid groups (broad SMARTS) is 2. The molecule has 0 fully saturated rings. The number of hydrogen-bond donors (Lipinski definition) is 7. The number of carbonyl (C=O) groups excluding carboxylic acids is 4. The van der Waals surface area contributed by atoms with E-state index in [2.05, 4.69) is 16.0 Å². The molecule has 0 aliphatic rings. The van der Waals surface area contributed by atoms with E-state index in [4.69, 9.17) is 16.6 Å². The van der Waals surface area contributed by atoms with Crippen LogP contribution in [0.3, 0.4) is 0 Å². The first kappa shape index (κ1) is 30.1. The standard InChI is InChI=1S/C19H33N5O8S/c1-4-9(2)15(24-16(28)10(20)7-13(21)25)18(30)23-12(8-14(26)27)17(29)22-11(19(31)32)5-6-33-3/h9-12,15H,4-8,20H2,1-3H3,(H2,21,25)(H,22,29)(H,23,30)(H,24,28)(H,26,27)(H,31,32). The molecule has 4 amide bonds. The molecular formula is C19H33N5O8S. The Kier molecular flexibility index (Phi) is 13.7. The van der Waals surface area contributed by atoms with E-state index in [9.17, 15) is 33.9 Å². The molecule has 9 N–H and O–H groups in total. The molecule has 13 nitrogen and oxygen atoms in total. The van der Waals surface area contributed by atoms with Gasteiger partial charge in [0.25, 0.3) is 0 Å². The number of thioether (sulfide) groups is 1. The van der Waals surface area contributed by atoms with Gasteiger partial charge in [0, 0.05) is 0 Å². The van der Waals surface area contributed by atoms with Gasteiger partial charge < -0.3 is 37.6 Å². The van der Waals surface area contributed by atoms with E-state index in [-0.39, 0.29) is 6.42 Å². The van der Waals surface area contributed by atoms with Crippen molar-refractivity contribution in [1.29, 1.82) is 0 Å². The molecule has 0 saturated carbocycles. The van der Waals surface area contributed by atoms with E-state index in [0.29, 0.717) is 12.2 Å². The molecule has 5 unspecified atom stereocenters. The summed E-state index contributed by atoms with van der Waals surface area (Å²) in [6.07, 6.45) is 1.02. The molecule has 5 atom stereocenters. The lowest BCUT2D eigenvalue weighted by molar-refractivity contribution is -0.143. The first-order chi connectivity index (χ1) is 15.3. The molecule has 0 bridgehead atoms. The molecule has 14 heteroatoms. The summed E-state index contributed by atoms with van der Waals surface area (Å²) < 4.78 is 0. The monoisotopic (exact) mass is 491 g/mol. The first-order valence-corrected chi connectivity index (χ1v) is 11.6. The van der Waals surface area contributed by atoms with E-state index < -0.39 is 78.5 Å². The highest BCUT2D eigenvalue weighted by molar-refractivity contribution is 7.98. The molecule has 33 heavy (non-hydrogen) atoms. The predicted octanol–water partition coefficient (Wildman–Crippen LogP) is -2.00. The molecule has 0 radical (unpaired) electrons. The summed E-state index contributed by atoms with van der Waals surface area (Å²) in [6, 6.07) is -5.35. The van der Waals surface area contributed by atoms with Crippen LogP contribution in [0.15, 0.2) is 0 Å². The minimum atomic E-state index is -1.59. The maximum Gasteiger partial charge on any atom is 0.326 e. The van der Waals surface area contributed by atoms with Crippen molar-refractivity contribution in [2.45, 2.75) is 63.7 Å². The van der Waals surface area contributed by atoms with E-state index in [1.807, 2.05) is 0 Å². The van der Waals surface area contributed by atoms with Gasteiger partial charge in [0.05, 0.1) is 18.9 Å². The average molecular weight is 492 g/mol. The molecule has 0 heterocycles. The quantitative estimate of drug-likeness (QED) is 0.125. The molecule has 0 rings (SSSR count). The summed E-state index contributed by atoms with van der Waals surface area (Å²) in [4.78, 5) is 71.3. The Morgan fingerprint density at radius 2 is 1.48 bits per heavy atom. The number of carbonyl (C=O) groups is 6. The lowest BCUT2D eigenvalue weighted by Gasteiger charge is -2.27. The lowest BCUT2D eigenvalue weighted by atomic mass is 9.97. The van der Waals surface area contributed by atoms with E-state index >= 15 is 0 Å². The number of primary amides is 1. The second kappa shape index (κ2) is 15.1. The van der Waals surface area contributed by atoms with Gasteiger partial charge in [-0.2, -0.15) is 11.8 Å². The van der Waals surface area contributed by atoms with Gasteiger partial charge in [0.1, 0.15) is 18.1 Å². The van der Waals surface area contributed by atoms with Gasteiger partial charge in [0.15, 0.2) is 0 Å². The highest BCUT2D eigenvalue weighted by Gasteiger charge is 2.33. The topological polar surface area (TPSA) is 231 Å². The van der Waals surface area contributed by atoms with Gasteiger partial charge >= 0.3 is 11.9 Å². The third kappa shape index (κ3) is 11.5. The number of carboxylic acids is 2. The fourth-order valence-electron chi connectivity index (χ4n) is 2.68. The SMILES string of the molecule is CCC(C)C(NC(=O)C(N)CC(N)=O)C(=O)NC(CC(=O)O)C(=O)NC(CCSC)C(=O)O. The van der Waals surface area contributed by atoms with Gasteiger partial charge in [0.2, 0.25) is 23.6 Å². The van der Waals surface area contributed by atoms with Crippen molar-refractivity contribution < 1.29 is 39.0 Å². The molecular weight excluding hydrogens is 458 g/mol. The molecule has 188 valence electrons. The Morgan fingerprint density at radius 3 is 1.94 bits per heavy atom. The largest absolute Gasteiger partial charge is 0.481 e. The molecule has 0 spiro atoms. The van der Waals surface area contributed by atoms with Crippen LogP contribution >= 0.6 is 11.8 Å². The summed E-state index contributed by atoms with van der Waals surface area (Å²) in [5, 5.41) is 25.3. The summed E-state index contributed by atoms with van der Waals surface area (Å²) in [5.74, 6) is -6.20. The average Bonchev–Trinajstić information content (AvgIpc) is 2.72. The summed E-state index contributed by atoms with van der Waals surface area (Å²) in [7, 11) is 0. The third-order valence-electron chi connectivity index (χ3n) is 4.79. The Hall–Kier alpha value is -2.87. The Balaban J connectivity index is 5.55. The first-order valence-electron chi connectivity index (χ1n) is 10.2. The van der Waals surface area contributed by atoms with Crippen molar-refractivity contribution in [2.24, 2.45) is 17.4 Å². The Morgan fingerprint density at radius 1 is 0.909 bits per heavy atom. The van der Waals surface area contributed by atoms with Crippen molar-refractivity contribution in [3.05, 3.63) is 0 Å². The van der Waals surface area contributed by atoms with Crippen LogP contribution in [-0.4, -0.2) is 82.0 Å². The number of rotatable bonds is 16. The van der Waals surface area contributed by atoms with Crippen molar-refractivity contribution in [2.75, 3.05) is 12.0 Å². The van der Waals surface area contributed by atoms with Crippen LogP contribution in [0.4, 0.5) is 0 Å². The van der Waals surface area contributed by atoms with Crippen LogP contribution in [0.5, 0.6) is 0 Å². The van der Waals surface area contributed by atoms with Crippen LogP contribution < -0.4 is 27.4 Å². The molecule has 0 aliphatic heterocycles. The third-order valence-corrected chi connectivity index (χ3v) is 5.43. The highest BCUT2D eigenvalue weighted by atomic mass is 32.2.